The molecule has 0 fully saturated rings. The highest BCUT2D eigenvalue weighted by Crippen LogP contribution is 2.25. The van der Waals surface area contributed by atoms with Crippen LogP contribution in [0.2, 0.25) is 0 Å². The lowest BCUT2D eigenvalue weighted by molar-refractivity contribution is 0.102. The first-order valence-corrected chi connectivity index (χ1v) is 10.7. The van der Waals surface area contributed by atoms with Crippen LogP contribution in [-0.2, 0) is 7.05 Å². The Morgan fingerprint density at radius 1 is 1.18 bits per heavy atom. The van der Waals surface area contributed by atoms with E-state index in [1.165, 1.54) is 23.1 Å². The summed E-state index contributed by atoms with van der Waals surface area (Å²) >= 11 is 2.73. The number of rotatable bonds is 5. The summed E-state index contributed by atoms with van der Waals surface area (Å²) in [7, 11) is 1.95. The number of aryl methyl sites for hydroxylation is 1. The fraction of sp³-hybridized carbons (Fsp3) is 0.190. The van der Waals surface area contributed by atoms with Gasteiger partial charge in [-0.15, -0.1) is 11.3 Å². The van der Waals surface area contributed by atoms with E-state index in [0.29, 0.717) is 15.4 Å². The predicted molar refractivity (Wildman–Crippen MR) is 115 cm³/mol. The van der Waals surface area contributed by atoms with Gasteiger partial charge in [-0.3, -0.25) is 14.2 Å². The van der Waals surface area contributed by atoms with E-state index in [2.05, 4.69) is 4.98 Å². The maximum Gasteiger partial charge on any atom is 0.267 e. The van der Waals surface area contributed by atoms with E-state index in [-0.39, 0.29) is 17.1 Å². The smallest absolute Gasteiger partial charge is 0.267 e. The molecule has 0 radical (unpaired) electrons. The van der Waals surface area contributed by atoms with Gasteiger partial charge in [0.05, 0.1) is 16.8 Å². The molecule has 0 unspecified atom stereocenters. The Morgan fingerprint density at radius 3 is 2.61 bits per heavy atom. The minimum Gasteiger partial charge on any atom is -0.351 e. The van der Waals surface area contributed by atoms with Crippen molar-refractivity contribution in [1.82, 2.24) is 14.1 Å². The highest BCUT2D eigenvalue weighted by Gasteiger charge is 2.18. The molecule has 7 heteroatoms. The van der Waals surface area contributed by atoms with Crippen molar-refractivity contribution < 1.29 is 4.79 Å². The van der Waals surface area contributed by atoms with Crippen molar-refractivity contribution in [2.75, 3.05) is 5.75 Å². The van der Waals surface area contributed by atoms with Crippen molar-refractivity contribution in [2.24, 2.45) is 7.05 Å². The molecular weight excluding hydrogens is 390 g/mol. The molecule has 0 aliphatic rings. The van der Waals surface area contributed by atoms with Crippen LogP contribution in [0.5, 0.6) is 0 Å². The quantitative estimate of drug-likeness (QED) is 0.279. The number of fused-ring (bicyclic) bond motifs is 1. The van der Waals surface area contributed by atoms with Crippen LogP contribution >= 0.6 is 23.1 Å². The van der Waals surface area contributed by atoms with Gasteiger partial charge in [-0.1, -0.05) is 30.0 Å². The summed E-state index contributed by atoms with van der Waals surface area (Å²) in [6.45, 7) is 3.93. The number of hydrogen-bond acceptors (Lipinski definition) is 5. The molecule has 4 aromatic rings. The minimum absolute atomic E-state index is 0.0336. The number of carbonyl (C=O) groups excluding carboxylic acids is 1. The zero-order valence-electron chi connectivity index (χ0n) is 15.8. The molecule has 0 bridgehead atoms. The summed E-state index contributed by atoms with van der Waals surface area (Å²) < 4.78 is 3.60. The first-order valence-electron chi connectivity index (χ1n) is 8.82. The van der Waals surface area contributed by atoms with E-state index in [1.54, 1.807) is 10.6 Å². The summed E-state index contributed by atoms with van der Waals surface area (Å²) in [5, 5.41) is 2.99. The second kappa shape index (κ2) is 7.41. The highest BCUT2D eigenvalue weighted by atomic mass is 32.2. The second-order valence-corrected chi connectivity index (χ2v) is 8.40. The second-order valence-electron chi connectivity index (χ2n) is 6.57. The van der Waals surface area contributed by atoms with E-state index < -0.39 is 0 Å². The normalized spacial score (nSPS) is 11.2. The van der Waals surface area contributed by atoms with Crippen LogP contribution in [0.3, 0.4) is 0 Å². The van der Waals surface area contributed by atoms with E-state index in [9.17, 15) is 9.59 Å². The van der Waals surface area contributed by atoms with Gasteiger partial charge in [0.2, 0.25) is 0 Å². The number of nitrogens with zero attached hydrogens (tertiary/aromatic N) is 3. The molecule has 4 rings (SSSR count). The fourth-order valence-corrected chi connectivity index (χ4v) is 4.84. The van der Waals surface area contributed by atoms with Crippen molar-refractivity contribution in [1.29, 1.82) is 0 Å². The minimum atomic E-state index is -0.112. The summed E-state index contributed by atoms with van der Waals surface area (Å²) in [6, 6.07) is 13.1. The number of carbonyl (C=O) groups is 1. The Kier molecular flexibility index (Phi) is 4.95. The Hall–Kier alpha value is -2.64. The Morgan fingerprint density at radius 2 is 1.93 bits per heavy atom. The van der Waals surface area contributed by atoms with Crippen LogP contribution in [0.15, 0.2) is 57.8 Å². The molecule has 0 atom stereocenters. The van der Waals surface area contributed by atoms with Gasteiger partial charge in [-0.05, 0) is 43.5 Å². The highest BCUT2D eigenvalue weighted by molar-refractivity contribution is 7.99. The third-order valence-corrected chi connectivity index (χ3v) is 6.63. The van der Waals surface area contributed by atoms with Crippen LogP contribution in [0.25, 0.3) is 15.9 Å². The maximum atomic E-state index is 13.1. The molecule has 0 saturated carbocycles. The first-order chi connectivity index (χ1) is 13.5. The predicted octanol–water partition coefficient (Wildman–Crippen LogP) is 4.38. The van der Waals surface area contributed by atoms with Crippen LogP contribution in [-0.4, -0.2) is 25.7 Å². The lowest BCUT2D eigenvalue weighted by Gasteiger charge is -2.11. The van der Waals surface area contributed by atoms with Crippen LogP contribution in [0.1, 0.15) is 21.7 Å². The molecular formula is C21H19N3O2S2. The lowest BCUT2D eigenvalue weighted by Crippen LogP contribution is -2.21. The molecule has 0 aliphatic carbocycles. The summed E-state index contributed by atoms with van der Waals surface area (Å²) in [5.41, 5.74) is 3.35. The van der Waals surface area contributed by atoms with Gasteiger partial charge in [-0.2, -0.15) is 0 Å². The Labute approximate surface area is 170 Å². The third-order valence-electron chi connectivity index (χ3n) is 4.89. The van der Waals surface area contributed by atoms with E-state index >= 15 is 0 Å². The van der Waals surface area contributed by atoms with Crippen molar-refractivity contribution in [3.63, 3.8) is 0 Å². The third kappa shape index (κ3) is 3.21. The average molecular weight is 410 g/mol. The summed E-state index contributed by atoms with van der Waals surface area (Å²) in [6.07, 6.45) is 0. The number of hydrogen-bond donors (Lipinski definition) is 0. The largest absolute Gasteiger partial charge is 0.351 e. The van der Waals surface area contributed by atoms with E-state index in [4.69, 9.17) is 0 Å². The number of benzene rings is 1. The molecule has 0 N–H and O–H groups in total. The van der Waals surface area contributed by atoms with Crippen molar-refractivity contribution in [3.05, 3.63) is 75.1 Å². The molecule has 0 saturated heterocycles. The average Bonchev–Trinajstić information content (AvgIpc) is 3.27. The summed E-state index contributed by atoms with van der Waals surface area (Å²) in [5.74, 6) is 0.256. The fourth-order valence-electron chi connectivity index (χ4n) is 3.14. The standard InChI is InChI=1S/C21H19N3O2S2/c1-13-11-17(14(2)23(13)3)18(25)12-28-21-22-19-16(9-10-27-19)20(26)24(21)15-7-5-4-6-8-15/h4-11H,12H2,1-3H3. The molecule has 0 spiro atoms. The number of thioether (sulfide) groups is 1. The maximum absolute atomic E-state index is 13.1. The van der Waals surface area contributed by atoms with Crippen LogP contribution in [0.4, 0.5) is 0 Å². The molecule has 3 aromatic heterocycles. The topological polar surface area (TPSA) is 56.9 Å². The molecule has 0 amide bonds. The zero-order valence-corrected chi connectivity index (χ0v) is 17.4. The molecule has 1 aromatic carbocycles. The van der Waals surface area contributed by atoms with E-state index in [0.717, 1.165) is 22.6 Å². The van der Waals surface area contributed by atoms with Crippen LogP contribution in [0, 0.1) is 13.8 Å². The van der Waals surface area contributed by atoms with Crippen molar-refractivity contribution in [2.45, 2.75) is 19.0 Å². The molecule has 142 valence electrons. The number of aromatic nitrogens is 3. The van der Waals surface area contributed by atoms with Gasteiger partial charge in [0.25, 0.3) is 5.56 Å². The number of para-hydroxylation sites is 1. The van der Waals surface area contributed by atoms with E-state index in [1.807, 2.05) is 67.2 Å². The Balaban J connectivity index is 1.73. The van der Waals surface area contributed by atoms with Gasteiger partial charge in [0, 0.05) is 24.0 Å². The number of ketones is 1. The SMILES string of the molecule is Cc1cc(C(=O)CSc2nc3sccc3c(=O)n2-c2ccccc2)c(C)n1C. The molecule has 0 aliphatic heterocycles. The molecule has 5 nitrogen and oxygen atoms in total. The Bertz CT molecular complexity index is 1240. The van der Waals surface area contributed by atoms with Gasteiger partial charge in [0.1, 0.15) is 4.83 Å². The number of Topliss-reactive ketones (excluding diaryl/α,β-unsaturated/α-hetero) is 1. The van der Waals surface area contributed by atoms with Gasteiger partial charge < -0.3 is 4.57 Å². The zero-order chi connectivity index (χ0) is 19.8. The number of thiophene rings is 1. The summed E-state index contributed by atoms with van der Waals surface area (Å²) in [4.78, 5) is 31.2. The van der Waals surface area contributed by atoms with Gasteiger partial charge in [0.15, 0.2) is 10.9 Å². The monoisotopic (exact) mass is 409 g/mol. The molecule has 28 heavy (non-hydrogen) atoms. The van der Waals surface area contributed by atoms with Gasteiger partial charge >= 0.3 is 0 Å². The first kappa shape index (κ1) is 18.7. The van der Waals surface area contributed by atoms with Crippen molar-refractivity contribution in [3.8, 4) is 5.69 Å². The lowest BCUT2D eigenvalue weighted by atomic mass is 10.2. The van der Waals surface area contributed by atoms with Gasteiger partial charge in [-0.25, -0.2) is 4.98 Å². The van der Waals surface area contributed by atoms with Crippen LogP contribution < -0.4 is 5.56 Å². The molecule has 3 heterocycles. The van der Waals surface area contributed by atoms with Crippen molar-refractivity contribution >= 4 is 39.1 Å².